The summed E-state index contributed by atoms with van der Waals surface area (Å²) in [6.45, 7) is 1.99. The molecule has 1 aromatic rings. The Morgan fingerprint density at radius 3 is 2.91 bits per heavy atom. The summed E-state index contributed by atoms with van der Waals surface area (Å²) in [5.41, 5.74) is 0. The van der Waals surface area contributed by atoms with E-state index in [-0.39, 0.29) is 5.82 Å². The highest BCUT2D eigenvalue weighted by molar-refractivity contribution is 5.82. The second-order valence-corrected chi connectivity index (χ2v) is 2.16. The highest BCUT2D eigenvalue weighted by atomic mass is 16.4. The maximum atomic E-state index is 10.3. The minimum atomic E-state index is -1.09. The number of aromatic nitrogens is 3. The fourth-order valence-electron chi connectivity index (χ4n) is 0.740. The van der Waals surface area contributed by atoms with Gasteiger partial charge in [-0.25, -0.2) is 9.78 Å². The molecule has 0 fully saturated rings. The fourth-order valence-corrected chi connectivity index (χ4v) is 0.740. The van der Waals surface area contributed by atoms with E-state index in [0.29, 0.717) is 5.82 Å². The number of rotatable bonds is 3. The molecule has 0 aliphatic rings. The second kappa shape index (κ2) is 3.14. The van der Waals surface area contributed by atoms with Crippen molar-refractivity contribution in [3.05, 3.63) is 11.6 Å². The molecular weight excluding hydrogens is 146 g/mol. The Hall–Kier alpha value is -1.39. The van der Waals surface area contributed by atoms with E-state index in [1.807, 2.05) is 6.92 Å². The molecule has 0 spiro atoms. The van der Waals surface area contributed by atoms with Gasteiger partial charge in [-0.3, -0.25) is 5.10 Å². The van der Waals surface area contributed by atoms with E-state index in [2.05, 4.69) is 15.2 Å². The Labute approximate surface area is 63.5 Å². The van der Waals surface area contributed by atoms with Gasteiger partial charge in [-0.1, -0.05) is 6.92 Å². The number of hydrogen-bond acceptors (Lipinski definition) is 3. The Balaban J connectivity index is 2.73. The van der Waals surface area contributed by atoms with Crippen molar-refractivity contribution in [2.24, 2.45) is 0 Å². The molecule has 0 unspecified atom stereocenters. The Morgan fingerprint density at radius 2 is 2.45 bits per heavy atom. The van der Waals surface area contributed by atoms with Crippen molar-refractivity contribution in [3.63, 3.8) is 0 Å². The molecule has 0 atom stereocenters. The predicted molar refractivity (Wildman–Crippen MR) is 37.3 cm³/mol. The summed E-state index contributed by atoms with van der Waals surface area (Å²) < 4.78 is 0. The molecule has 0 bridgehead atoms. The van der Waals surface area contributed by atoms with E-state index in [1.165, 1.54) is 0 Å². The van der Waals surface area contributed by atoms with Crippen molar-refractivity contribution in [1.82, 2.24) is 15.2 Å². The molecule has 0 aliphatic carbocycles. The fraction of sp³-hybridized carbons (Fsp3) is 0.500. The normalized spacial score (nSPS) is 9.91. The summed E-state index contributed by atoms with van der Waals surface area (Å²) in [7, 11) is 0. The van der Waals surface area contributed by atoms with Gasteiger partial charge in [0.2, 0.25) is 0 Å². The van der Waals surface area contributed by atoms with Crippen molar-refractivity contribution < 1.29 is 9.90 Å². The largest absolute Gasteiger partial charge is 0.475 e. The van der Waals surface area contributed by atoms with Crippen LogP contribution in [0, 0.1) is 0 Å². The first-order chi connectivity index (χ1) is 5.24. The molecule has 0 radical (unpaired) electrons. The van der Waals surface area contributed by atoms with Gasteiger partial charge in [0.25, 0.3) is 5.82 Å². The predicted octanol–water partition coefficient (Wildman–Crippen LogP) is 0.455. The third-order valence-electron chi connectivity index (χ3n) is 1.21. The van der Waals surface area contributed by atoms with Gasteiger partial charge in [-0.15, -0.1) is 5.10 Å². The second-order valence-electron chi connectivity index (χ2n) is 2.16. The lowest BCUT2D eigenvalue weighted by molar-refractivity contribution is 0.0684. The minimum Gasteiger partial charge on any atom is -0.475 e. The Bertz CT molecular complexity index is 256. The third-order valence-corrected chi connectivity index (χ3v) is 1.21. The molecular formula is C6H9N3O2. The lowest BCUT2D eigenvalue weighted by Crippen LogP contribution is -1.98. The van der Waals surface area contributed by atoms with Crippen LogP contribution in [0.4, 0.5) is 0 Å². The van der Waals surface area contributed by atoms with Gasteiger partial charge in [0, 0.05) is 6.42 Å². The number of hydrogen-bond donors (Lipinski definition) is 2. The molecule has 1 heterocycles. The summed E-state index contributed by atoms with van der Waals surface area (Å²) in [5, 5.41) is 14.5. The lowest BCUT2D eigenvalue weighted by atomic mass is 10.3. The van der Waals surface area contributed by atoms with Gasteiger partial charge in [-0.2, -0.15) is 0 Å². The molecule has 5 nitrogen and oxygen atoms in total. The van der Waals surface area contributed by atoms with Crippen LogP contribution in [-0.2, 0) is 6.42 Å². The molecule has 0 saturated heterocycles. The van der Waals surface area contributed by atoms with Gasteiger partial charge in [0.05, 0.1) is 0 Å². The van der Waals surface area contributed by atoms with Crippen molar-refractivity contribution in [3.8, 4) is 0 Å². The van der Waals surface area contributed by atoms with Gasteiger partial charge in [-0.05, 0) is 6.42 Å². The number of aryl methyl sites for hydroxylation is 1. The van der Waals surface area contributed by atoms with Crippen LogP contribution < -0.4 is 0 Å². The quantitative estimate of drug-likeness (QED) is 0.664. The molecule has 5 heteroatoms. The van der Waals surface area contributed by atoms with Crippen LogP contribution in [-0.4, -0.2) is 26.3 Å². The lowest BCUT2D eigenvalue weighted by Gasteiger charge is -1.85. The molecule has 2 N–H and O–H groups in total. The van der Waals surface area contributed by atoms with Gasteiger partial charge in [0.15, 0.2) is 0 Å². The van der Waals surface area contributed by atoms with E-state index >= 15 is 0 Å². The van der Waals surface area contributed by atoms with Crippen LogP contribution in [0.1, 0.15) is 29.8 Å². The van der Waals surface area contributed by atoms with Crippen LogP contribution in [0.5, 0.6) is 0 Å². The van der Waals surface area contributed by atoms with Gasteiger partial charge < -0.3 is 5.11 Å². The first-order valence-corrected chi connectivity index (χ1v) is 3.38. The van der Waals surface area contributed by atoms with E-state index in [4.69, 9.17) is 5.11 Å². The van der Waals surface area contributed by atoms with Crippen molar-refractivity contribution >= 4 is 5.97 Å². The zero-order valence-electron chi connectivity index (χ0n) is 6.16. The molecule has 0 amide bonds. The highest BCUT2D eigenvalue weighted by Crippen LogP contribution is 1.95. The minimum absolute atomic E-state index is 0.159. The summed E-state index contributed by atoms with van der Waals surface area (Å²) in [6, 6.07) is 0. The average molecular weight is 155 g/mol. The van der Waals surface area contributed by atoms with E-state index < -0.39 is 5.97 Å². The smallest absolute Gasteiger partial charge is 0.375 e. The standard InChI is InChI=1S/C6H9N3O2/c1-2-3-4-7-5(6(10)11)9-8-4/h2-3H2,1H3,(H,10,11)(H,7,8,9). The molecule has 11 heavy (non-hydrogen) atoms. The topological polar surface area (TPSA) is 78.9 Å². The number of aromatic carboxylic acids is 1. The van der Waals surface area contributed by atoms with E-state index in [9.17, 15) is 4.79 Å². The van der Waals surface area contributed by atoms with Gasteiger partial charge >= 0.3 is 5.97 Å². The number of H-pyrrole nitrogens is 1. The molecule has 0 aliphatic heterocycles. The van der Waals surface area contributed by atoms with Crippen LogP contribution in [0.25, 0.3) is 0 Å². The summed E-state index contributed by atoms with van der Waals surface area (Å²) in [5.74, 6) is -0.623. The zero-order chi connectivity index (χ0) is 8.27. The summed E-state index contributed by atoms with van der Waals surface area (Å²) >= 11 is 0. The maximum absolute atomic E-state index is 10.3. The maximum Gasteiger partial charge on any atom is 0.375 e. The number of nitrogens with zero attached hydrogens (tertiary/aromatic N) is 2. The SMILES string of the molecule is CCCc1nc(C(=O)O)n[nH]1. The molecule has 1 aromatic heterocycles. The van der Waals surface area contributed by atoms with Crippen molar-refractivity contribution in [1.29, 1.82) is 0 Å². The summed E-state index contributed by atoms with van der Waals surface area (Å²) in [6.07, 6.45) is 1.66. The third kappa shape index (κ3) is 1.76. The highest BCUT2D eigenvalue weighted by Gasteiger charge is 2.08. The van der Waals surface area contributed by atoms with Crippen molar-refractivity contribution in [2.45, 2.75) is 19.8 Å². The van der Waals surface area contributed by atoms with E-state index in [1.54, 1.807) is 0 Å². The number of aromatic amines is 1. The monoisotopic (exact) mass is 155 g/mol. The first-order valence-electron chi connectivity index (χ1n) is 3.38. The van der Waals surface area contributed by atoms with Crippen LogP contribution in [0.15, 0.2) is 0 Å². The Morgan fingerprint density at radius 1 is 1.73 bits per heavy atom. The number of carbonyl (C=O) groups is 1. The van der Waals surface area contributed by atoms with Crippen molar-refractivity contribution in [2.75, 3.05) is 0 Å². The van der Waals surface area contributed by atoms with Gasteiger partial charge in [0.1, 0.15) is 5.82 Å². The average Bonchev–Trinajstić information content (AvgIpc) is 2.37. The first kappa shape index (κ1) is 7.71. The molecule has 0 aromatic carbocycles. The molecule has 1 rings (SSSR count). The summed E-state index contributed by atoms with van der Waals surface area (Å²) in [4.78, 5) is 14.0. The Kier molecular flexibility index (Phi) is 2.20. The van der Waals surface area contributed by atoms with Crippen LogP contribution in [0.3, 0.4) is 0 Å². The number of carboxylic acids is 1. The number of nitrogens with one attached hydrogen (secondary N) is 1. The molecule has 60 valence electrons. The van der Waals surface area contributed by atoms with E-state index in [0.717, 1.165) is 12.8 Å². The zero-order valence-corrected chi connectivity index (χ0v) is 6.16. The van der Waals surface area contributed by atoms with Crippen LogP contribution in [0.2, 0.25) is 0 Å². The van der Waals surface area contributed by atoms with Crippen LogP contribution >= 0.6 is 0 Å². The number of carboxylic acid groups (broad SMARTS) is 1. The molecule has 0 saturated carbocycles.